The number of hydrogen-bond donors (Lipinski definition) is 0. The highest BCUT2D eigenvalue weighted by Crippen LogP contribution is 2.61. The molecule has 2 unspecified atom stereocenters. The number of carbonyl (C=O) groups is 1. The molecule has 0 radical (unpaired) electrons. The van der Waals surface area contributed by atoms with Gasteiger partial charge in [0.2, 0.25) is 0 Å². The van der Waals surface area contributed by atoms with Crippen LogP contribution in [0.3, 0.4) is 0 Å². The Bertz CT molecular complexity index is 421. The molecule has 2 aliphatic rings. The van der Waals surface area contributed by atoms with Gasteiger partial charge in [-0.05, 0) is 36.7 Å². The molecule has 2 aliphatic carbocycles. The van der Waals surface area contributed by atoms with Crippen LogP contribution in [0.1, 0.15) is 36.8 Å². The van der Waals surface area contributed by atoms with Crippen LogP contribution >= 0.6 is 0 Å². The van der Waals surface area contributed by atoms with E-state index < -0.39 is 0 Å². The van der Waals surface area contributed by atoms with Crippen LogP contribution in [0.25, 0.3) is 0 Å². The third-order valence-corrected chi connectivity index (χ3v) is 4.15. The second-order valence-corrected chi connectivity index (χ2v) is 5.17. The van der Waals surface area contributed by atoms with Gasteiger partial charge in [0.05, 0.1) is 0 Å². The Labute approximate surface area is 90.5 Å². The number of carbonyl (C=O) groups excluding carboxylic acids is 1. The molecule has 0 aromatic heterocycles. The maximum Gasteiger partial charge on any atom is 0.133 e. The Morgan fingerprint density at radius 1 is 1.40 bits per heavy atom. The molecule has 2 saturated carbocycles. The standard InChI is InChI=1S/C14H16O/c1-10-3-2-4-11(7-10)14-6-5-13(15)8-12(14)9-14/h2-4,7,12H,5-6,8-9H2,1H3. The lowest BCUT2D eigenvalue weighted by Gasteiger charge is -2.22. The summed E-state index contributed by atoms with van der Waals surface area (Å²) in [6.07, 6.45) is 3.94. The van der Waals surface area contributed by atoms with Gasteiger partial charge < -0.3 is 0 Å². The molecular weight excluding hydrogens is 184 g/mol. The summed E-state index contributed by atoms with van der Waals surface area (Å²) < 4.78 is 0. The number of fused-ring (bicyclic) bond motifs is 1. The van der Waals surface area contributed by atoms with E-state index in [2.05, 4.69) is 31.2 Å². The van der Waals surface area contributed by atoms with E-state index in [1.807, 2.05) is 0 Å². The van der Waals surface area contributed by atoms with Crippen molar-refractivity contribution in [2.24, 2.45) is 5.92 Å². The summed E-state index contributed by atoms with van der Waals surface area (Å²) in [4.78, 5) is 11.3. The van der Waals surface area contributed by atoms with Gasteiger partial charge in [-0.1, -0.05) is 29.8 Å². The fourth-order valence-electron chi connectivity index (χ4n) is 3.15. The van der Waals surface area contributed by atoms with E-state index in [0.29, 0.717) is 17.1 Å². The van der Waals surface area contributed by atoms with Gasteiger partial charge in [-0.2, -0.15) is 0 Å². The van der Waals surface area contributed by atoms with Crippen LogP contribution in [0.15, 0.2) is 24.3 Å². The van der Waals surface area contributed by atoms with Crippen LogP contribution in [-0.2, 0) is 10.2 Å². The molecule has 2 atom stereocenters. The van der Waals surface area contributed by atoms with Gasteiger partial charge in [0, 0.05) is 12.8 Å². The molecule has 15 heavy (non-hydrogen) atoms. The lowest BCUT2D eigenvalue weighted by atomic mass is 9.82. The average molecular weight is 200 g/mol. The van der Waals surface area contributed by atoms with Gasteiger partial charge >= 0.3 is 0 Å². The minimum absolute atomic E-state index is 0.389. The molecule has 2 fully saturated rings. The first-order valence-corrected chi connectivity index (χ1v) is 5.79. The molecule has 0 aliphatic heterocycles. The van der Waals surface area contributed by atoms with Crippen molar-refractivity contribution in [3.63, 3.8) is 0 Å². The lowest BCUT2D eigenvalue weighted by molar-refractivity contribution is -0.120. The van der Waals surface area contributed by atoms with Crippen molar-refractivity contribution in [2.75, 3.05) is 0 Å². The average Bonchev–Trinajstić information content (AvgIpc) is 2.92. The van der Waals surface area contributed by atoms with Crippen LogP contribution in [0, 0.1) is 12.8 Å². The Morgan fingerprint density at radius 2 is 2.27 bits per heavy atom. The normalized spacial score (nSPS) is 33.7. The van der Waals surface area contributed by atoms with Gasteiger partial charge in [-0.15, -0.1) is 0 Å². The van der Waals surface area contributed by atoms with Crippen molar-refractivity contribution in [1.82, 2.24) is 0 Å². The molecule has 0 amide bonds. The van der Waals surface area contributed by atoms with E-state index >= 15 is 0 Å². The van der Waals surface area contributed by atoms with E-state index in [0.717, 1.165) is 19.3 Å². The number of benzene rings is 1. The third-order valence-electron chi connectivity index (χ3n) is 4.15. The van der Waals surface area contributed by atoms with E-state index in [-0.39, 0.29) is 0 Å². The number of rotatable bonds is 1. The summed E-state index contributed by atoms with van der Waals surface area (Å²) >= 11 is 0. The second-order valence-electron chi connectivity index (χ2n) is 5.17. The van der Waals surface area contributed by atoms with E-state index in [1.165, 1.54) is 17.5 Å². The van der Waals surface area contributed by atoms with Crippen LogP contribution in [-0.4, -0.2) is 5.78 Å². The number of Topliss-reactive ketones (excluding diaryl/α,β-unsaturated/α-hetero) is 1. The maximum atomic E-state index is 11.3. The summed E-state index contributed by atoms with van der Waals surface area (Å²) in [7, 11) is 0. The largest absolute Gasteiger partial charge is 0.300 e. The van der Waals surface area contributed by atoms with Gasteiger partial charge in [0.25, 0.3) is 0 Å². The molecule has 1 nitrogen and oxygen atoms in total. The molecular formula is C14H16O. The predicted octanol–water partition coefficient (Wildman–Crippen LogP) is 3.01. The molecule has 0 bridgehead atoms. The fourth-order valence-corrected chi connectivity index (χ4v) is 3.15. The Balaban J connectivity index is 1.93. The molecule has 1 aromatic rings. The first-order chi connectivity index (χ1) is 7.21. The molecule has 1 heteroatoms. The van der Waals surface area contributed by atoms with Crippen molar-refractivity contribution in [1.29, 1.82) is 0 Å². The van der Waals surface area contributed by atoms with Crippen molar-refractivity contribution in [3.8, 4) is 0 Å². The number of aryl methyl sites for hydroxylation is 1. The van der Waals surface area contributed by atoms with E-state index in [4.69, 9.17) is 0 Å². The molecule has 1 aromatic carbocycles. The summed E-state index contributed by atoms with van der Waals surface area (Å²) in [5.41, 5.74) is 3.20. The molecule has 0 spiro atoms. The third kappa shape index (κ3) is 1.33. The molecule has 0 N–H and O–H groups in total. The minimum Gasteiger partial charge on any atom is -0.300 e. The van der Waals surface area contributed by atoms with E-state index in [9.17, 15) is 4.79 Å². The predicted molar refractivity (Wildman–Crippen MR) is 59.8 cm³/mol. The molecule has 0 saturated heterocycles. The Hall–Kier alpha value is -1.11. The fraction of sp³-hybridized carbons (Fsp3) is 0.500. The van der Waals surface area contributed by atoms with Crippen LogP contribution in [0.5, 0.6) is 0 Å². The zero-order valence-electron chi connectivity index (χ0n) is 9.12. The van der Waals surface area contributed by atoms with Crippen molar-refractivity contribution in [2.45, 2.75) is 38.0 Å². The maximum absolute atomic E-state index is 11.3. The summed E-state index contributed by atoms with van der Waals surface area (Å²) in [5.74, 6) is 1.13. The van der Waals surface area contributed by atoms with Gasteiger partial charge in [0.15, 0.2) is 0 Å². The number of ketones is 1. The minimum atomic E-state index is 0.389. The highest BCUT2D eigenvalue weighted by atomic mass is 16.1. The topological polar surface area (TPSA) is 17.1 Å². The molecule has 3 rings (SSSR count). The number of hydrogen-bond acceptors (Lipinski definition) is 1. The smallest absolute Gasteiger partial charge is 0.133 e. The van der Waals surface area contributed by atoms with Gasteiger partial charge in [-0.25, -0.2) is 0 Å². The van der Waals surface area contributed by atoms with Crippen LogP contribution < -0.4 is 0 Å². The molecule has 78 valence electrons. The van der Waals surface area contributed by atoms with Crippen molar-refractivity contribution in [3.05, 3.63) is 35.4 Å². The van der Waals surface area contributed by atoms with Crippen LogP contribution in [0.2, 0.25) is 0 Å². The SMILES string of the molecule is Cc1cccc(C23CCC(=O)CC2C3)c1. The Kier molecular flexibility index (Phi) is 1.79. The highest BCUT2D eigenvalue weighted by molar-refractivity contribution is 5.81. The quantitative estimate of drug-likeness (QED) is 0.681. The zero-order chi connectivity index (χ0) is 10.5. The van der Waals surface area contributed by atoms with Crippen molar-refractivity contribution < 1.29 is 4.79 Å². The second kappa shape index (κ2) is 2.94. The Morgan fingerprint density at radius 3 is 3.00 bits per heavy atom. The monoisotopic (exact) mass is 200 g/mol. The first kappa shape index (κ1) is 9.14. The zero-order valence-corrected chi connectivity index (χ0v) is 9.12. The van der Waals surface area contributed by atoms with Gasteiger partial charge in [-0.3, -0.25) is 4.79 Å². The highest BCUT2D eigenvalue weighted by Gasteiger charge is 2.57. The lowest BCUT2D eigenvalue weighted by Crippen LogP contribution is -2.19. The van der Waals surface area contributed by atoms with Crippen molar-refractivity contribution >= 4 is 5.78 Å². The van der Waals surface area contributed by atoms with Gasteiger partial charge in [0.1, 0.15) is 5.78 Å². The first-order valence-electron chi connectivity index (χ1n) is 5.79. The van der Waals surface area contributed by atoms with E-state index in [1.54, 1.807) is 0 Å². The molecule has 0 heterocycles. The van der Waals surface area contributed by atoms with Crippen LogP contribution in [0.4, 0.5) is 0 Å². The summed E-state index contributed by atoms with van der Waals surface area (Å²) in [5, 5.41) is 0. The summed E-state index contributed by atoms with van der Waals surface area (Å²) in [6.45, 7) is 2.14. The summed E-state index contributed by atoms with van der Waals surface area (Å²) in [6, 6.07) is 8.83.